The first-order chi connectivity index (χ1) is 72.0. The van der Waals surface area contributed by atoms with Crippen molar-refractivity contribution in [2.75, 3.05) is 0 Å². The summed E-state index contributed by atoms with van der Waals surface area (Å²) in [6, 6.07) is 87.2. The average molecular weight is 2200 g/mol. The maximum atomic E-state index is 12.8. The molecule has 0 N–H and O–H groups in total. The van der Waals surface area contributed by atoms with Gasteiger partial charge >= 0.3 is 6.18 Å². The van der Waals surface area contributed by atoms with Crippen molar-refractivity contribution in [1.82, 2.24) is 101 Å². The van der Waals surface area contributed by atoms with E-state index in [0.717, 1.165) is 147 Å². The predicted octanol–water partition coefficient (Wildman–Crippen LogP) is 32.6. The lowest BCUT2D eigenvalue weighted by Crippen LogP contribution is -2.03. The van der Waals surface area contributed by atoms with Gasteiger partial charge in [-0.2, -0.15) is 13.2 Å². The maximum absolute atomic E-state index is 12.8. The number of rotatable bonds is 20. The van der Waals surface area contributed by atoms with E-state index >= 15 is 0 Å². The number of halogens is 6. The van der Waals surface area contributed by atoms with E-state index in [1.165, 1.54) is 116 Å². The molecule has 0 aliphatic heterocycles. The Labute approximate surface area is 896 Å². The van der Waals surface area contributed by atoms with Crippen molar-refractivity contribution < 1.29 is 35.3 Å². The summed E-state index contributed by atoms with van der Waals surface area (Å²) in [5.74, 6) is 1.93. The van der Waals surface area contributed by atoms with Crippen LogP contribution in [0.2, 0.25) is 15.1 Å². The molecule has 25 rings (SSSR count). The molecule has 728 valence electrons. The Hall–Kier alpha value is -14.5. The molecule has 0 aliphatic rings. The van der Waals surface area contributed by atoms with Crippen molar-refractivity contribution in [3.05, 3.63) is 359 Å². The molecule has 0 saturated carbocycles. The van der Waals surface area contributed by atoms with Gasteiger partial charge in [0.15, 0.2) is 0 Å². The van der Waals surface area contributed by atoms with Gasteiger partial charge in [0, 0.05) is 56.7 Å². The van der Waals surface area contributed by atoms with Crippen LogP contribution in [0, 0.1) is 41.5 Å². The van der Waals surface area contributed by atoms with Crippen LogP contribution < -0.4 is 0 Å². The van der Waals surface area contributed by atoms with Crippen LogP contribution in [-0.2, 0) is 6.18 Å². The number of aryl methyl sites for hydroxylation is 6. The van der Waals surface area contributed by atoms with Gasteiger partial charge in [-0.25, -0.2) is 49.8 Å². The molecule has 0 fully saturated rings. The number of thiophene rings is 5. The minimum atomic E-state index is -4.40. The molecule has 25 nitrogen and oxygen atoms in total. The zero-order chi connectivity index (χ0) is 101. The van der Waals surface area contributed by atoms with Crippen molar-refractivity contribution >= 4 is 201 Å². The summed E-state index contributed by atoms with van der Waals surface area (Å²) in [4.78, 5) is 49.8. The third-order valence-electron chi connectivity index (χ3n) is 22.1. The Balaban J connectivity index is 0.000000108. The summed E-state index contributed by atoms with van der Waals surface area (Å²) in [6.45, 7) is 12.4. The minimum Gasteiger partial charge on any atom is -0.411 e. The van der Waals surface area contributed by atoms with E-state index in [1.54, 1.807) is 112 Å². The molecule has 0 aliphatic carbocycles. The van der Waals surface area contributed by atoms with Gasteiger partial charge in [0.05, 0.1) is 67.2 Å². The molecule has 0 atom stereocenters. The number of alkyl halides is 3. The molecule has 10 aromatic carbocycles. The first-order valence-corrected chi connectivity index (χ1v) is 54.0. The fourth-order valence-corrected chi connectivity index (χ4v) is 24.7. The van der Waals surface area contributed by atoms with Crippen LogP contribution in [0.15, 0.2) is 378 Å². The lowest BCUT2D eigenvalue weighted by molar-refractivity contribution is -0.137. The van der Waals surface area contributed by atoms with Crippen LogP contribution in [0.3, 0.4) is 0 Å². The van der Waals surface area contributed by atoms with Crippen LogP contribution >= 0.6 is 150 Å². The van der Waals surface area contributed by atoms with Gasteiger partial charge in [-0.15, -0.1) is 108 Å². The van der Waals surface area contributed by atoms with E-state index in [-0.39, 0.29) is 11.1 Å². The topological polar surface area (TPSA) is 323 Å². The number of hydrogen-bond donors (Lipinski definition) is 0. The van der Waals surface area contributed by atoms with Crippen molar-refractivity contribution in [2.45, 2.75) is 99.0 Å². The fraction of sp³-hybridized carbons (Fsp3) is 0.0654. The highest BCUT2D eigenvalue weighted by Crippen LogP contribution is 2.48. The normalized spacial score (nSPS) is 11.4. The zero-order valence-corrected chi connectivity index (χ0v) is 88.1. The molecule has 0 spiro atoms. The highest BCUT2D eigenvalue weighted by Gasteiger charge is 2.31. The molecule has 15 aromatic heterocycles. The first kappa shape index (κ1) is 99.5. The van der Waals surface area contributed by atoms with Crippen LogP contribution in [0.4, 0.5) is 13.2 Å². The lowest BCUT2D eigenvalue weighted by atomic mass is 10.1. The predicted molar refractivity (Wildman–Crippen MR) is 582 cm³/mol. The zero-order valence-electron chi connectivity index (χ0n) is 77.7. The van der Waals surface area contributed by atoms with Crippen molar-refractivity contribution in [3.8, 4) is 109 Å². The average Bonchev–Trinajstić information content (AvgIpc) is 1.66. The lowest BCUT2D eigenvalue weighted by Gasteiger charge is -2.05. The van der Waals surface area contributed by atoms with Crippen LogP contribution in [0.1, 0.15) is 38.9 Å². The highest BCUT2D eigenvalue weighted by atomic mass is 35.5. The Morgan fingerprint density at radius 2 is 0.500 bits per heavy atom. The number of nitrogens with zero attached hydrogens (tertiary/aromatic N) is 20. The van der Waals surface area contributed by atoms with Crippen LogP contribution in [-0.4, -0.2) is 101 Å². The van der Waals surface area contributed by atoms with Gasteiger partial charge in [0.2, 0.25) is 29.5 Å². The van der Waals surface area contributed by atoms with Gasteiger partial charge in [-0.05, 0) is 249 Å². The molecule has 0 saturated heterocycles. The third kappa shape index (κ3) is 23.5. The standard InChI is InChI=1S/C22H13F3N4OS2.C22H16N4OS2.C21H12Cl2N4OS2.C21H13ClN4OS2.C21H14N4OS2/c1-12-2-4-13(5-3-12)17-10-16-18(31-17)20(27-11-26-16)32-21-29-28-19(30-21)14-6-8-15(9-7-14)22(23,24)25;1-13-7-9-15(10-8-13)18-11-17-19(28-18)21(24-12-23-17)29-22-26-25-20(27-22)16-6-4-3-5-14(16)2;1-11-2-4-12(5-3-11)17-9-16-18(29-17)20(25-10-24-16)30-21-27-26-19(28-21)14-7-6-13(22)8-15(14)23;1-12-2-4-13(5-3-12)17-10-16-18(28-17)20(24-11-23-16)29-21-26-25-19(27-21)14-6-8-15(22)9-7-14;1-13-7-9-14(10-8-13)17-11-16-18(27-17)20(23-12-22-16)28-21-25-24-19(26-21)15-5-3-2-4-6-15/h2-11H,1H3;3-12H,1-2H3;2-10H,1H3;2-11H,1H3;2-12H,1H3. The summed E-state index contributed by atoms with van der Waals surface area (Å²) < 4.78 is 72.1. The van der Waals surface area contributed by atoms with Crippen molar-refractivity contribution in [1.29, 1.82) is 0 Å². The van der Waals surface area contributed by atoms with E-state index in [9.17, 15) is 13.2 Å². The summed E-state index contributed by atoms with van der Waals surface area (Å²) >= 11 is 32.9. The Morgan fingerprint density at radius 1 is 0.243 bits per heavy atom. The fourth-order valence-electron chi connectivity index (χ4n) is 14.5. The molecule has 0 radical (unpaired) electrons. The molecule has 148 heavy (non-hydrogen) atoms. The minimum absolute atomic E-state index is 0.137. The molecule has 0 bridgehead atoms. The molecule has 41 heteroatoms. The Bertz CT molecular complexity index is 9030. The first-order valence-electron chi connectivity index (χ1n) is 44.7. The van der Waals surface area contributed by atoms with Gasteiger partial charge in [-0.1, -0.05) is 220 Å². The maximum Gasteiger partial charge on any atom is 0.416 e. The smallest absolute Gasteiger partial charge is 0.411 e. The highest BCUT2D eigenvalue weighted by molar-refractivity contribution is 8.00. The summed E-state index contributed by atoms with van der Waals surface area (Å²) in [5.41, 5.74) is 20.4. The SMILES string of the molecule is Cc1ccc(-c2cc3ncnc(Sc4nnc(-c5ccc(C(F)(F)F)cc5)o4)c3s2)cc1.Cc1ccc(-c2cc3ncnc(Sc4nnc(-c5ccc(Cl)cc5)o4)c3s2)cc1.Cc1ccc(-c2cc3ncnc(Sc4nnc(-c5ccc(Cl)cc5Cl)o4)c3s2)cc1.Cc1ccc(-c2cc3ncnc(Sc4nnc(-c5ccccc5)o4)c3s2)cc1.Cc1ccc(-c2cc3ncnc(Sc4nnc(-c5ccccc5C)o4)c3s2)cc1. The summed E-state index contributed by atoms with van der Waals surface area (Å²) in [5, 5.41) is 48.7. The van der Waals surface area contributed by atoms with Gasteiger partial charge < -0.3 is 22.1 Å². The number of benzene rings is 10. The third-order valence-corrected chi connectivity index (χ3v) is 33.7. The molecular weight excluding hydrogens is 2130 g/mol. The summed E-state index contributed by atoms with van der Waals surface area (Å²) in [6.07, 6.45) is 3.34. The molecule has 0 unspecified atom stereocenters. The van der Waals surface area contributed by atoms with E-state index < -0.39 is 11.7 Å². The van der Waals surface area contributed by atoms with E-state index in [2.05, 4.69) is 274 Å². The largest absolute Gasteiger partial charge is 0.416 e. The van der Waals surface area contributed by atoms with Crippen molar-refractivity contribution in [2.24, 2.45) is 0 Å². The number of hydrogen-bond acceptors (Lipinski definition) is 35. The second-order valence-electron chi connectivity index (χ2n) is 32.6. The van der Waals surface area contributed by atoms with Crippen LogP contribution in [0.25, 0.3) is 161 Å². The van der Waals surface area contributed by atoms with E-state index in [1.807, 2.05) is 86.6 Å². The van der Waals surface area contributed by atoms with Gasteiger partial charge in [0.1, 0.15) is 56.8 Å². The molecule has 25 aromatic rings. The van der Waals surface area contributed by atoms with E-state index in [0.29, 0.717) is 75.7 Å². The second-order valence-corrected chi connectivity index (χ2v) is 43.9. The number of aromatic nitrogens is 20. The molecule has 15 heterocycles. The Kier molecular flexibility index (Phi) is 30.0. The van der Waals surface area contributed by atoms with Gasteiger partial charge in [-0.3, -0.25) is 0 Å². The molecular formula is C107H68Cl3F3N20O5S10. The Morgan fingerprint density at radius 3 is 0.797 bits per heavy atom. The van der Waals surface area contributed by atoms with Gasteiger partial charge in [0.25, 0.3) is 26.1 Å². The van der Waals surface area contributed by atoms with Crippen molar-refractivity contribution in [3.63, 3.8) is 0 Å². The monoisotopic (exact) mass is 2190 g/mol. The van der Waals surface area contributed by atoms with E-state index in [4.69, 9.17) is 56.9 Å². The summed E-state index contributed by atoms with van der Waals surface area (Å²) in [7, 11) is 0. The second kappa shape index (κ2) is 44.7. The van der Waals surface area contributed by atoms with Crippen LogP contribution in [0.5, 0.6) is 0 Å². The quantitative estimate of drug-likeness (QED) is 0.0640. The number of fused-ring (bicyclic) bond motifs is 5. The molecule has 0 amide bonds.